The summed E-state index contributed by atoms with van der Waals surface area (Å²) in [6.45, 7) is 0. The molecular weight excluding hydrogens is 655 g/mol. The van der Waals surface area contributed by atoms with Gasteiger partial charge < -0.3 is 9.73 Å². The van der Waals surface area contributed by atoms with Gasteiger partial charge in [-0.2, -0.15) is 0 Å². The Balaban J connectivity index is 1.17. The number of amidine groups is 2. The molecule has 0 aliphatic carbocycles. The number of fused-ring (bicyclic) bond motifs is 8. The molecule has 244 valence electrons. The number of thiophene rings is 1. The van der Waals surface area contributed by atoms with Gasteiger partial charge in [-0.15, -0.1) is 11.3 Å². The molecule has 3 heterocycles. The minimum absolute atomic E-state index is 0.460. The molecular formula is C47H29N3OS. The molecule has 0 amide bonds. The molecule has 11 rings (SSSR count). The highest BCUT2D eigenvalue weighted by Crippen LogP contribution is 2.43. The van der Waals surface area contributed by atoms with Crippen molar-refractivity contribution in [1.29, 1.82) is 0 Å². The number of nitrogens with zero attached hydrogens (tertiary/aromatic N) is 2. The van der Waals surface area contributed by atoms with E-state index in [1.54, 1.807) is 0 Å². The molecule has 0 fully saturated rings. The van der Waals surface area contributed by atoms with Crippen LogP contribution in [0, 0.1) is 0 Å². The number of nitrogens with one attached hydrogen (secondary N) is 1. The number of rotatable bonds is 4. The van der Waals surface area contributed by atoms with E-state index in [4.69, 9.17) is 14.4 Å². The molecule has 2 aromatic heterocycles. The van der Waals surface area contributed by atoms with Crippen molar-refractivity contribution < 1.29 is 4.42 Å². The van der Waals surface area contributed by atoms with Crippen LogP contribution in [0.15, 0.2) is 178 Å². The standard InChI is InChI=1S/C47H29N3OS/c1-3-11-30-25-33(19-17-28(30)9-1)45-48-46(34-20-18-29-10-2-4-12-31(29)26-34)50-47(49-45)44-35(23-24-40-43(44)38-14-5-7-15-39(38)51-40)32-21-22-37-36-13-6-8-16-41(36)52-42(37)27-32/h1-27,47H,(H,48,49,50). The monoisotopic (exact) mass is 683 g/mol. The van der Waals surface area contributed by atoms with Gasteiger partial charge in [0.2, 0.25) is 0 Å². The second-order valence-electron chi connectivity index (χ2n) is 13.4. The number of aliphatic imine (C=N–C) groups is 2. The van der Waals surface area contributed by atoms with Crippen LogP contribution in [0.5, 0.6) is 0 Å². The molecule has 8 aromatic carbocycles. The molecule has 1 atom stereocenters. The van der Waals surface area contributed by atoms with Crippen LogP contribution in [0.2, 0.25) is 0 Å². The summed E-state index contributed by atoms with van der Waals surface area (Å²) in [5.41, 5.74) is 6.98. The fourth-order valence-corrected chi connectivity index (χ4v) is 8.96. The number of hydrogen-bond donors (Lipinski definition) is 1. The maximum absolute atomic E-state index is 6.50. The summed E-state index contributed by atoms with van der Waals surface area (Å²) in [6.07, 6.45) is -0.460. The lowest BCUT2D eigenvalue weighted by Gasteiger charge is -2.26. The fourth-order valence-electron chi connectivity index (χ4n) is 7.81. The first-order valence-electron chi connectivity index (χ1n) is 17.5. The zero-order chi connectivity index (χ0) is 34.2. The van der Waals surface area contributed by atoms with E-state index in [-0.39, 0.29) is 0 Å². The van der Waals surface area contributed by atoms with Gasteiger partial charge in [0.15, 0.2) is 5.84 Å². The Morgan fingerprint density at radius 1 is 0.500 bits per heavy atom. The summed E-state index contributed by atoms with van der Waals surface area (Å²) in [5.74, 6) is 1.47. The Morgan fingerprint density at radius 2 is 1.15 bits per heavy atom. The number of para-hydroxylation sites is 1. The van der Waals surface area contributed by atoms with Crippen LogP contribution >= 0.6 is 11.3 Å². The smallest absolute Gasteiger partial charge is 0.159 e. The van der Waals surface area contributed by atoms with Gasteiger partial charge in [-0.1, -0.05) is 127 Å². The lowest BCUT2D eigenvalue weighted by Crippen LogP contribution is -2.34. The first kappa shape index (κ1) is 29.2. The maximum Gasteiger partial charge on any atom is 0.159 e. The lowest BCUT2D eigenvalue weighted by molar-refractivity contribution is 0.663. The van der Waals surface area contributed by atoms with Crippen LogP contribution in [0.1, 0.15) is 22.9 Å². The van der Waals surface area contributed by atoms with Crippen LogP contribution in [-0.2, 0) is 0 Å². The predicted octanol–water partition coefficient (Wildman–Crippen LogP) is 12.4. The van der Waals surface area contributed by atoms with E-state index in [0.29, 0.717) is 5.84 Å². The van der Waals surface area contributed by atoms with Crippen LogP contribution in [-0.4, -0.2) is 11.7 Å². The van der Waals surface area contributed by atoms with Gasteiger partial charge in [0.05, 0.1) is 0 Å². The third-order valence-electron chi connectivity index (χ3n) is 10.3. The van der Waals surface area contributed by atoms with E-state index >= 15 is 0 Å². The van der Waals surface area contributed by atoms with Crippen LogP contribution in [0.4, 0.5) is 0 Å². The molecule has 4 nitrogen and oxygen atoms in total. The van der Waals surface area contributed by atoms with Gasteiger partial charge in [0.25, 0.3) is 0 Å². The highest BCUT2D eigenvalue weighted by Gasteiger charge is 2.28. The molecule has 1 N–H and O–H groups in total. The molecule has 1 aliphatic heterocycles. The van der Waals surface area contributed by atoms with Gasteiger partial charge in [-0.25, -0.2) is 9.98 Å². The van der Waals surface area contributed by atoms with E-state index in [2.05, 4.69) is 157 Å². The van der Waals surface area contributed by atoms with E-state index in [1.165, 1.54) is 30.9 Å². The Bertz CT molecular complexity index is 3130. The highest BCUT2D eigenvalue weighted by molar-refractivity contribution is 7.25. The van der Waals surface area contributed by atoms with E-state index < -0.39 is 6.17 Å². The van der Waals surface area contributed by atoms with Gasteiger partial charge in [0, 0.05) is 47.6 Å². The number of hydrogen-bond acceptors (Lipinski definition) is 5. The van der Waals surface area contributed by atoms with Crippen LogP contribution in [0.25, 0.3) is 74.8 Å². The summed E-state index contributed by atoms with van der Waals surface area (Å²) in [7, 11) is 0. The minimum Gasteiger partial charge on any atom is -0.456 e. The summed E-state index contributed by atoms with van der Waals surface area (Å²) in [6, 6.07) is 58.0. The molecule has 0 bridgehead atoms. The Labute approximate surface area is 303 Å². The van der Waals surface area contributed by atoms with Crippen LogP contribution in [0.3, 0.4) is 0 Å². The quantitative estimate of drug-likeness (QED) is 0.201. The van der Waals surface area contributed by atoms with Crippen molar-refractivity contribution in [3.05, 3.63) is 180 Å². The van der Waals surface area contributed by atoms with E-state index in [1.807, 2.05) is 23.5 Å². The van der Waals surface area contributed by atoms with Gasteiger partial charge >= 0.3 is 0 Å². The number of benzene rings is 8. The molecule has 1 aliphatic rings. The Morgan fingerprint density at radius 3 is 1.98 bits per heavy atom. The van der Waals surface area contributed by atoms with E-state index in [0.717, 1.165) is 66.4 Å². The molecule has 10 aromatic rings. The SMILES string of the molecule is c1ccc2cc(C3=NC(c4c(-c5ccc6c(c5)sc5ccccc56)ccc5oc6ccccc6c45)NC(c4ccc5ccccc5c4)=N3)ccc2c1. The average Bonchev–Trinajstić information content (AvgIpc) is 3.78. The highest BCUT2D eigenvalue weighted by atomic mass is 32.1. The van der Waals surface area contributed by atoms with Crippen molar-refractivity contribution in [2.45, 2.75) is 6.17 Å². The largest absolute Gasteiger partial charge is 0.456 e. The predicted molar refractivity (Wildman–Crippen MR) is 219 cm³/mol. The third-order valence-corrected chi connectivity index (χ3v) is 11.5. The van der Waals surface area contributed by atoms with Crippen molar-refractivity contribution in [3.8, 4) is 11.1 Å². The van der Waals surface area contributed by atoms with Crippen molar-refractivity contribution >= 4 is 86.7 Å². The van der Waals surface area contributed by atoms with Crippen molar-refractivity contribution in [3.63, 3.8) is 0 Å². The zero-order valence-corrected chi connectivity index (χ0v) is 28.7. The molecule has 5 heteroatoms. The minimum atomic E-state index is -0.460. The third kappa shape index (κ3) is 4.67. The van der Waals surface area contributed by atoms with Crippen molar-refractivity contribution in [2.75, 3.05) is 0 Å². The molecule has 0 saturated heterocycles. The van der Waals surface area contributed by atoms with Crippen molar-refractivity contribution in [2.24, 2.45) is 9.98 Å². The Kier molecular flexibility index (Phi) is 6.45. The van der Waals surface area contributed by atoms with E-state index in [9.17, 15) is 0 Å². The van der Waals surface area contributed by atoms with Crippen LogP contribution < -0.4 is 5.32 Å². The Hall–Kier alpha value is -6.56. The van der Waals surface area contributed by atoms with Gasteiger partial charge in [-0.3, -0.25) is 0 Å². The van der Waals surface area contributed by atoms with Gasteiger partial charge in [-0.05, 0) is 69.1 Å². The summed E-state index contributed by atoms with van der Waals surface area (Å²) >= 11 is 1.84. The fraction of sp³-hybridized carbons (Fsp3) is 0.0213. The normalized spacial score (nSPS) is 14.7. The second kappa shape index (κ2) is 11.5. The molecule has 0 spiro atoms. The first-order valence-corrected chi connectivity index (χ1v) is 18.3. The molecule has 52 heavy (non-hydrogen) atoms. The molecule has 1 unspecified atom stereocenters. The number of furan rings is 1. The zero-order valence-electron chi connectivity index (χ0n) is 27.9. The summed E-state index contributed by atoms with van der Waals surface area (Å²) < 4.78 is 9.05. The van der Waals surface area contributed by atoms with Gasteiger partial charge in [0.1, 0.15) is 23.2 Å². The molecule has 0 saturated carbocycles. The summed E-state index contributed by atoms with van der Waals surface area (Å²) in [4.78, 5) is 10.7. The lowest BCUT2D eigenvalue weighted by atomic mass is 9.92. The first-order chi connectivity index (χ1) is 25.7. The topological polar surface area (TPSA) is 49.9 Å². The maximum atomic E-state index is 6.50. The summed E-state index contributed by atoms with van der Waals surface area (Å²) in [5, 5.41) is 13.2. The molecule has 0 radical (unpaired) electrons. The second-order valence-corrected chi connectivity index (χ2v) is 14.5. The van der Waals surface area contributed by atoms with Crippen molar-refractivity contribution in [1.82, 2.24) is 5.32 Å². The average molecular weight is 684 g/mol.